The summed E-state index contributed by atoms with van der Waals surface area (Å²) in [5.74, 6) is 1.88. The average Bonchev–Trinajstić information content (AvgIpc) is 3.42. The normalized spacial score (nSPS) is 14.4. The molecule has 7 rings (SSSR count). The average molecular weight is 524 g/mol. The molecule has 3 aromatic heterocycles. The number of aromatic nitrogens is 5. The van der Waals surface area contributed by atoms with E-state index in [9.17, 15) is 0 Å². The summed E-state index contributed by atoms with van der Waals surface area (Å²) < 4.78 is 8.20. The molecule has 0 unspecified atom stereocenters. The Morgan fingerprint density at radius 1 is 0.925 bits per heavy atom. The van der Waals surface area contributed by atoms with Gasteiger partial charge in [-0.2, -0.15) is 5.26 Å². The maximum absolute atomic E-state index is 9.10. The Morgan fingerprint density at radius 3 is 2.60 bits per heavy atom. The van der Waals surface area contributed by atoms with Gasteiger partial charge in [-0.05, 0) is 29.7 Å². The van der Waals surface area contributed by atoms with E-state index in [1.807, 2.05) is 42.6 Å². The van der Waals surface area contributed by atoms with E-state index in [1.165, 1.54) is 11.1 Å². The van der Waals surface area contributed by atoms with E-state index >= 15 is 0 Å². The molecule has 2 aromatic carbocycles. The van der Waals surface area contributed by atoms with Crippen molar-refractivity contribution >= 4 is 5.57 Å². The third-order valence-corrected chi connectivity index (χ3v) is 7.40. The van der Waals surface area contributed by atoms with Crippen molar-refractivity contribution in [1.82, 2.24) is 29.4 Å². The van der Waals surface area contributed by atoms with Crippen LogP contribution in [0.4, 0.5) is 0 Å². The minimum Gasteiger partial charge on any atom is -0.472 e. The molecule has 8 nitrogen and oxygen atoms in total. The molecule has 2 aliphatic heterocycles. The molecule has 0 amide bonds. The molecule has 0 radical (unpaired) electrons. The Morgan fingerprint density at radius 2 is 1.80 bits per heavy atom. The fraction of sp³-hybridized carbons (Fsp3) is 0.156. The van der Waals surface area contributed by atoms with E-state index in [-0.39, 0.29) is 5.82 Å². The van der Waals surface area contributed by atoms with Gasteiger partial charge in [-0.25, -0.2) is 15.0 Å². The van der Waals surface area contributed by atoms with Gasteiger partial charge in [0.2, 0.25) is 5.82 Å². The van der Waals surface area contributed by atoms with Gasteiger partial charge >= 0.3 is 0 Å². The Balaban J connectivity index is 1.15. The first-order valence-corrected chi connectivity index (χ1v) is 13.2. The number of nitriles is 1. The second-order valence-electron chi connectivity index (χ2n) is 9.86. The molecule has 194 valence electrons. The number of nitrogens with zero attached hydrogens (tertiary/aromatic N) is 7. The fourth-order valence-electron chi connectivity index (χ4n) is 5.39. The standard InChI is InChI=1S/C32H25N7O/c33-18-29-35-15-10-27(36-29)23-12-16-38(17-13-23)20-22-6-8-24(9-7-22)30-31(25-4-2-1-3-5-25)39-21-40-28-11-14-34-19-26(28)32(39)37-30/h1-12,14-15,19H,13,16-17,20-21H2. The van der Waals surface area contributed by atoms with Crippen LogP contribution in [0, 0.1) is 11.3 Å². The van der Waals surface area contributed by atoms with Gasteiger partial charge in [0, 0.05) is 49.4 Å². The van der Waals surface area contributed by atoms with E-state index in [1.54, 1.807) is 12.4 Å². The van der Waals surface area contributed by atoms with E-state index in [0.717, 1.165) is 71.4 Å². The van der Waals surface area contributed by atoms with Gasteiger partial charge in [-0.1, -0.05) is 60.7 Å². The third-order valence-electron chi connectivity index (χ3n) is 7.40. The summed E-state index contributed by atoms with van der Waals surface area (Å²) in [6, 6.07) is 24.8. The van der Waals surface area contributed by atoms with Crippen molar-refractivity contribution in [2.24, 2.45) is 0 Å². The van der Waals surface area contributed by atoms with E-state index in [2.05, 4.69) is 66.9 Å². The Hall–Kier alpha value is -5.13. The predicted molar refractivity (Wildman–Crippen MR) is 152 cm³/mol. The Labute approximate surface area is 231 Å². The summed E-state index contributed by atoms with van der Waals surface area (Å²) in [4.78, 5) is 20.2. The third kappa shape index (κ3) is 4.42. The van der Waals surface area contributed by atoms with Crippen molar-refractivity contribution in [2.45, 2.75) is 19.7 Å². The summed E-state index contributed by atoms with van der Waals surface area (Å²) in [6.07, 6.45) is 8.31. The predicted octanol–water partition coefficient (Wildman–Crippen LogP) is 5.58. The molecule has 5 aromatic rings. The van der Waals surface area contributed by atoms with Crippen LogP contribution in [-0.2, 0) is 13.3 Å². The lowest BCUT2D eigenvalue weighted by Gasteiger charge is -2.26. The first-order valence-electron chi connectivity index (χ1n) is 13.2. The number of hydrogen-bond acceptors (Lipinski definition) is 7. The van der Waals surface area contributed by atoms with Crippen LogP contribution in [0.25, 0.3) is 39.5 Å². The molecule has 0 fully saturated rings. The lowest BCUT2D eigenvalue weighted by Crippen LogP contribution is -2.28. The molecule has 0 saturated heterocycles. The quantitative estimate of drug-likeness (QED) is 0.297. The Bertz CT molecular complexity index is 1770. The van der Waals surface area contributed by atoms with Crippen LogP contribution < -0.4 is 4.74 Å². The second-order valence-corrected chi connectivity index (χ2v) is 9.86. The molecule has 0 bridgehead atoms. The van der Waals surface area contributed by atoms with Crippen LogP contribution in [0.15, 0.2) is 91.4 Å². The number of ether oxygens (including phenoxy) is 1. The maximum atomic E-state index is 9.10. The molecule has 0 atom stereocenters. The molecular formula is C32H25N7O. The highest BCUT2D eigenvalue weighted by Crippen LogP contribution is 2.41. The van der Waals surface area contributed by atoms with Crippen molar-refractivity contribution in [3.8, 4) is 45.7 Å². The van der Waals surface area contributed by atoms with E-state index in [4.69, 9.17) is 15.0 Å². The fourth-order valence-corrected chi connectivity index (χ4v) is 5.39. The van der Waals surface area contributed by atoms with E-state index < -0.39 is 0 Å². The molecule has 0 aliphatic carbocycles. The maximum Gasteiger partial charge on any atom is 0.232 e. The first kappa shape index (κ1) is 23.9. The van der Waals surface area contributed by atoms with Crippen LogP contribution in [0.5, 0.6) is 5.75 Å². The zero-order valence-corrected chi connectivity index (χ0v) is 21.7. The molecule has 40 heavy (non-hydrogen) atoms. The minimum absolute atomic E-state index is 0.211. The topological polar surface area (TPSA) is 92.8 Å². The molecular weight excluding hydrogens is 498 g/mol. The van der Waals surface area contributed by atoms with Crippen molar-refractivity contribution < 1.29 is 4.74 Å². The van der Waals surface area contributed by atoms with Crippen molar-refractivity contribution in [3.05, 3.63) is 108 Å². The second kappa shape index (κ2) is 10.2. The highest BCUT2D eigenvalue weighted by atomic mass is 16.5. The lowest BCUT2D eigenvalue weighted by molar-refractivity contribution is 0.231. The molecule has 5 heterocycles. The monoisotopic (exact) mass is 523 g/mol. The molecule has 0 saturated carbocycles. The van der Waals surface area contributed by atoms with Gasteiger partial charge in [0.1, 0.15) is 17.6 Å². The van der Waals surface area contributed by atoms with Gasteiger partial charge in [0.05, 0.1) is 22.6 Å². The van der Waals surface area contributed by atoms with Crippen molar-refractivity contribution in [3.63, 3.8) is 0 Å². The molecule has 0 spiro atoms. The van der Waals surface area contributed by atoms with Gasteiger partial charge in [-0.15, -0.1) is 0 Å². The largest absolute Gasteiger partial charge is 0.472 e. The van der Waals surface area contributed by atoms with Gasteiger partial charge in [-0.3, -0.25) is 14.5 Å². The molecule has 0 N–H and O–H groups in total. The van der Waals surface area contributed by atoms with Crippen molar-refractivity contribution in [1.29, 1.82) is 5.26 Å². The van der Waals surface area contributed by atoms with Gasteiger partial charge in [0.15, 0.2) is 6.73 Å². The van der Waals surface area contributed by atoms with Gasteiger partial charge < -0.3 is 4.74 Å². The first-order chi connectivity index (χ1) is 19.8. The summed E-state index contributed by atoms with van der Waals surface area (Å²) >= 11 is 0. The number of rotatable bonds is 5. The van der Waals surface area contributed by atoms with Crippen LogP contribution >= 0.6 is 0 Å². The molecule has 2 aliphatic rings. The Kier molecular flexibility index (Phi) is 6.11. The lowest BCUT2D eigenvalue weighted by atomic mass is 10.0. The number of pyridine rings is 1. The summed E-state index contributed by atoms with van der Waals surface area (Å²) in [5, 5.41) is 9.10. The number of imidazole rings is 1. The van der Waals surface area contributed by atoms with Crippen LogP contribution in [0.1, 0.15) is 23.5 Å². The smallest absolute Gasteiger partial charge is 0.232 e. The zero-order valence-electron chi connectivity index (χ0n) is 21.7. The summed E-state index contributed by atoms with van der Waals surface area (Å²) in [6.45, 7) is 3.02. The summed E-state index contributed by atoms with van der Waals surface area (Å²) in [7, 11) is 0. The van der Waals surface area contributed by atoms with Crippen LogP contribution in [-0.4, -0.2) is 42.5 Å². The van der Waals surface area contributed by atoms with Crippen LogP contribution in [0.2, 0.25) is 0 Å². The molecule has 8 heteroatoms. The SMILES string of the molecule is N#Cc1nccc(C2=CCN(Cc3ccc(-c4nc5n(c4-c4ccccc4)COc4ccncc4-5)cc3)CC2)n1. The summed E-state index contributed by atoms with van der Waals surface area (Å²) in [5.41, 5.74) is 8.29. The number of hydrogen-bond donors (Lipinski definition) is 0. The highest BCUT2D eigenvalue weighted by Gasteiger charge is 2.26. The minimum atomic E-state index is 0.211. The number of fused-ring (bicyclic) bond motifs is 3. The van der Waals surface area contributed by atoms with Crippen molar-refractivity contribution in [2.75, 3.05) is 13.1 Å². The van der Waals surface area contributed by atoms with Crippen LogP contribution in [0.3, 0.4) is 0 Å². The van der Waals surface area contributed by atoms with E-state index in [0.29, 0.717) is 6.73 Å². The zero-order chi connectivity index (χ0) is 26.9. The van der Waals surface area contributed by atoms with Gasteiger partial charge in [0.25, 0.3) is 0 Å². The number of benzene rings is 2. The highest BCUT2D eigenvalue weighted by molar-refractivity contribution is 5.83.